The van der Waals surface area contributed by atoms with Gasteiger partial charge in [-0.2, -0.15) is 0 Å². The van der Waals surface area contributed by atoms with Crippen LogP contribution in [0.4, 0.5) is 0 Å². The van der Waals surface area contributed by atoms with Gasteiger partial charge in [0.2, 0.25) is 0 Å². The van der Waals surface area contributed by atoms with Crippen LogP contribution in [0.25, 0.3) is 10.9 Å². The first-order valence-electron chi connectivity index (χ1n) is 6.97. The highest BCUT2D eigenvalue weighted by molar-refractivity contribution is 5.92. The Hall–Kier alpha value is -2.30. The minimum Gasteiger partial charge on any atom is -0.497 e. The molecule has 0 saturated heterocycles. The molecule has 0 radical (unpaired) electrons. The topological polar surface area (TPSA) is 68.5 Å². The predicted octanol–water partition coefficient (Wildman–Crippen LogP) is 2.43. The molecule has 1 aromatic heterocycles. The van der Waals surface area contributed by atoms with Gasteiger partial charge in [-0.3, -0.25) is 4.79 Å². The lowest BCUT2D eigenvalue weighted by Gasteiger charge is -2.17. The van der Waals surface area contributed by atoms with Crippen molar-refractivity contribution in [2.75, 3.05) is 7.11 Å². The summed E-state index contributed by atoms with van der Waals surface area (Å²) >= 11 is 0. The van der Waals surface area contributed by atoms with Gasteiger partial charge in [0.25, 0.3) is 0 Å². The van der Waals surface area contributed by atoms with Crippen LogP contribution in [0.5, 0.6) is 5.75 Å². The highest BCUT2D eigenvalue weighted by Crippen LogP contribution is 2.33. The molecule has 110 valence electrons. The van der Waals surface area contributed by atoms with Crippen molar-refractivity contribution in [1.29, 1.82) is 0 Å². The average molecular weight is 287 g/mol. The molecule has 0 aliphatic heterocycles. The van der Waals surface area contributed by atoms with Gasteiger partial charge in [0.05, 0.1) is 12.6 Å². The first-order chi connectivity index (χ1) is 10.0. The molecule has 1 heterocycles. The van der Waals surface area contributed by atoms with E-state index >= 15 is 0 Å². The summed E-state index contributed by atoms with van der Waals surface area (Å²) < 4.78 is 6.93. The number of ether oxygens (including phenoxy) is 1. The zero-order valence-corrected chi connectivity index (χ0v) is 12.0. The first-order valence-corrected chi connectivity index (χ1v) is 6.97. The summed E-state index contributed by atoms with van der Waals surface area (Å²) in [5.74, 6) is 0.0540. The van der Waals surface area contributed by atoms with E-state index in [1.807, 2.05) is 0 Å². The Kier molecular flexibility index (Phi) is 3.20. The van der Waals surface area contributed by atoms with Gasteiger partial charge in [-0.15, -0.1) is 0 Å². The lowest BCUT2D eigenvalue weighted by atomic mass is 10.1. The molecule has 1 fully saturated rings. The third-order valence-electron chi connectivity index (χ3n) is 4.05. The van der Waals surface area contributed by atoms with E-state index in [4.69, 9.17) is 4.74 Å². The number of nitrogens with zero attached hydrogens (tertiary/aromatic N) is 1. The molecule has 3 rings (SSSR count). The molecular formula is C16H17NO4. The van der Waals surface area contributed by atoms with Gasteiger partial charge in [-0.1, -0.05) is 0 Å². The molecule has 0 spiro atoms. The van der Waals surface area contributed by atoms with Gasteiger partial charge in [-0.05, 0) is 43.9 Å². The van der Waals surface area contributed by atoms with Crippen LogP contribution in [-0.4, -0.2) is 22.8 Å². The molecule has 1 N–H and O–H groups in total. The molecule has 0 unspecified atom stereocenters. The summed E-state index contributed by atoms with van der Waals surface area (Å²) in [7, 11) is 1.54. The van der Waals surface area contributed by atoms with Crippen LogP contribution in [-0.2, 0) is 6.54 Å². The minimum absolute atomic E-state index is 0.101. The van der Waals surface area contributed by atoms with E-state index in [0.717, 1.165) is 12.8 Å². The Morgan fingerprint density at radius 3 is 2.71 bits per heavy atom. The second-order valence-corrected chi connectivity index (χ2v) is 5.54. The number of hydrogen-bond donors (Lipinski definition) is 1. The van der Waals surface area contributed by atoms with E-state index < -0.39 is 5.97 Å². The normalized spacial score (nSPS) is 14.4. The van der Waals surface area contributed by atoms with E-state index in [1.54, 1.807) is 36.8 Å². The largest absolute Gasteiger partial charge is 0.497 e. The summed E-state index contributed by atoms with van der Waals surface area (Å²) in [6, 6.07) is 5.20. The second kappa shape index (κ2) is 4.91. The zero-order valence-electron chi connectivity index (χ0n) is 12.0. The average Bonchev–Trinajstić information content (AvgIpc) is 3.27. The van der Waals surface area contributed by atoms with Crippen molar-refractivity contribution in [3.8, 4) is 5.75 Å². The summed E-state index contributed by atoms with van der Waals surface area (Å²) in [6.45, 7) is 2.22. The van der Waals surface area contributed by atoms with E-state index in [0.29, 0.717) is 29.1 Å². The number of aromatic carboxylic acids is 1. The minimum atomic E-state index is -1.05. The number of carboxylic acid groups (broad SMARTS) is 1. The van der Waals surface area contributed by atoms with Gasteiger partial charge in [0.1, 0.15) is 11.4 Å². The molecule has 5 heteroatoms. The monoisotopic (exact) mass is 287 g/mol. The molecule has 0 amide bonds. The molecule has 1 aliphatic rings. The number of hydrogen-bond acceptors (Lipinski definition) is 3. The zero-order chi connectivity index (χ0) is 15.1. The summed E-state index contributed by atoms with van der Waals surface area (Å²) in [6.07, 6.45) is 2.23. The highest BCUT2D eigenvalue weighted by atomic mass is 16.5. The van der Waals surface area contributed by atoms with Crippen LogP contribution in [0, 0.1) is 12.8 Å². The predicted molar refractivity (Wildman–Crippen MR) is 79.2 cm³/mol. The fourth-order valence-corrected chi connectivity index (χ4v) is 2.72. The molecule has 1 aliphatic carbocycles. The summed E-state index contributed by atoms with van der Waals surface area (Å²) in [4.78, 5) is 24.0. The number of methoxy groups -OCH3 is 1. The van der Waals surface area contributed by atoms with Crippen molar-refractivity contribution < 1.29 is 14.6 Å². The molecule has 5 nitrogen and oxygen atoms in total. The van der Waals surface area contributed by atoms with Crippen LogP contribution >= 0.6 is 0 Å². The van der Waals surface area contributed by atoms with Gasteiger partial charge >= 0.3 is 5.97 Å². The number of carbonyl (C=O) groups is 1. The van der Waals surface area contributed by atoms with Crippen molar-refractivity contribution >= 4 is 16.9 Å². The van der Waals surface area contributed by atoms with Crippen LogP contribution in [0.2, 0.25) is 0 Å². The molecule has 1 aromatic carbocycles. The fraction of sp³-hybridized carbons (Fsp3) is 0.375. The number of pyridine rings is 1. The molecular weight excluding hydrogens is 270 g/mol. The van der Waals surface area contributed by atoms with E-state index in [1.165, 1.54) is 0 Å². The quantitative estimate of drug-likeness (QED) is 0.937. The van der Waals surface area contributed by atoms with Gasteiger partial charge in [0, 0.05) is 17.5 Å². The smallest absolute Gasteiger partial charge is 0.352 e. The van der Waals surface area contributed by atoms with Gasteiger partial charge in [-0.25, -0.2) is 4.79 Å². The number of fused-ring (bicyclic) bond motifs is 1. The van der Waals surface area contributed by atoms with Crippen molar-refractivity contribution in [2.45, 2.75) is 26.3 Å². The van der Waals surface area contributed by atoms with Gasteiger partial charge < -0.3 is 14.4 Å². The Morgan fingerprint density at radius 1 is 1.43 bits per heavy atom. The molecule has 0 atom stereocenters. The molecule has 2 aromatic rings. The number of aromatic nitrogens is 1. The highest BCUT2D eigenvalue weighted by Gasteiger charge is 2.26. The summed E-state index contributed by atoms with van der Waals surface area (Å²) in [5.41, 5.74) is 0.803. The van der Waals surface area contributed by atoms with Crippen molar-refractivity contribution in [2.24, 2.45) is 5.92 Å². The van der Waals surface area contributed by atoms with Crippen LogP contribution in [0.3, 0.4) is 0 Å². The summed E-state index contributed by atoms with van der Waals surface area (Å²) in [5, 5.41) is 9.99. The maximum Gasteiger partial charge on any atom is 0.352 e. The number of benzene rings is 1. The maximum atomic E-state index is 12.4. The van der Waals surface area contributed by atoms with Crippen molar-refractivity contribution in [3.05, 3.63) is 39.7 Å². The number of rotatable bonds is 4. The van der Waals surface area contributed by atoms with E-state index in [-0.39, 0.29) is 16.7 Å². The Balaban J connectivity index is 2.36. The third kappa shape index (κ3) is 2.28. The van der Waals surface area contributed by atoms with Gasteiger partial charge in [0.15, 0.2) is 5.43 Å². The molecule has 21 heavy (non-hydrogen) atoms. The third-order valence-corrected chi connectivity index (χ3v) is 4.05. The fourth-order valence-electron chi connectivity index (χ4n) is 2.72. The lowest BCUT2D eigenvalue weighted by molar-refractivity contribution is 0.0683. The SMILES string of the molecule is COc1ccc2c(c1)c(=O)c(C)c(C(=O)O)n2CC1CC1. The first kappa shape index (κ1) is 13.7. The lowest BCUT2D eigenvalue weighted by Crippen LogP contribution is -2.22. The van der Waals surface area contributed by atoms with Crippen LogP contribution < -0.4 is 10.2 Å². The number of carboxylic acids is 1. The van der Waals surface area contributed by atoms with Crippen molar-refractivity contribution in [3.63, 3.8) is 0 Å². The maximum absolute atomic E-state index is 12.4. The second-order valence-electron chi connectivity index (χ2n) is 5.54. The van der Waals surface area contributed by atoms with Crippen LogP contribution in [0.1, 0.15) is 28.9 Å². The van der Waals surface area contributed by atoms with Crippen LogP contribution in [0.15, 0.2) is 23.0 Å². The Bertz CT molecular complexity index is 787. The van der Waals surface area contributed by atoms with E-state index in [9.17, 15) is 14.7 Å². The van der Waals surface area contributed by atoms with Crippen molar-refractivity contribution in [1.82, 2.24) is 4.57 Å². The van der Waals surface area contributed by atoms with E-state index in [2.05, 4.69) is 0 Å². The Morgan fingerprint density at radius 2 is 2.14 bits per heavy atom. The standard InChI is InChI=1S/C16H17NO4/c1-9-14(16(19)20)17(8-10-3-4-10)13-6-5-11(21-2)7-12(13)15(9)18/h5-7,10H,3-4,8H2,1-2H3,(H,19,20). The molecule has 0 bridgehead atoms. The Labute approximate surface area is 121 Å². The molecule has 1 saturated carbocycles.